The first-order chi connectivity index (χ1) is 10.5. The van der Waals surface area contributed by atoms with Crippen LogP contribution < -0.4 is 5.32 Å². The van der Waals surface area contributed by atoms with Gasteiger partial charge in [-0.1, -0.05) is 42.5 Å². The van der Waals surface area contributed by atoms with E-state index in [-0.39, 0.29) is 6.61 Å². The predicted octanol–water partition coefficient (Wildman–Crippen LogP) is 4.32. The van der Waals surface area contributed by atoms with Gasteiger partial charge in [0.15, 0.2) is 0 Å². The Kier molecular flexibility index (Phi) is 5.22. The maximum Gasteiger partial charge on any atom is 0.405 e. The van der Waals surface area contributed by atoms with Gasteiger partial charge in [-0.2, -0.15) is 13.2 Å². The molecule has 116 valence electrons. The van der Waals surface area contributed by atoms with E-state index in [4.69, 9.17) is 5.11 Å². The van der Waals surface area contributed by atoms with E-state index in [0.717, 1.165) is 16.7 Å². The van der Waals surface area contributed by atoms with Crippen LogP contribution >= 0.6 is 0 Å². The molecule has 0 saturated carbocycles. The highest BCUT2D eigenvalue weighted by Gasteiger charge is 2.26. The van der Waals surface area contributed by atoms with E-state index >= 15 is 0 Å². The second-order valence-corrected chi connectivity index (χ2v) is 4.83. The molecule has 2 N–H and O–H groups in total. The molecule has 2 aromatic carbocycles. The summed E-state index contributed by atoms with van der Waals surface area (Å²) in [5, 5.41) is 11.4. The van der Waals surface area contributed by atoms with Gasteiger partial charge < -0.3 is 10.4 Å². The fraction of sp³-hybridized carbons (Fsp3) is 0.176. The average molecular weight is 307 g/mol. The maximum absolute atomic E-state index is 12.1. The van der Waals surface area contributed by atoms with Crippen LogP contribution in [0.2, 0.25) is 0 Å². The normalized spacial score (nSPS) is 11.8. The molecular weight excluding hydrogens is 291 g/mol. The lowest BCUT2D eigenvalue weighted by molar-refractivity contribution is -0.115. The highest BCUT2D eigenvalue weighted by molar-refractivity contribution is 5.70. The van der Waals surface area contributed by atoms with Gasteiger partial charge in [-0.15, -0.1) is 0 Å². The molecule has 2 nitrogen and oxygen atoms in total. The number of hydrogen-bond donors (Lipinski definition) is 2. The molecule has 0 bridgehead atoms. The molecule has 5 heteroatoms. The molecule has 2 rings (SSSR count). The zero-order valence-corrected chi connectivity index (χ0v) is 11.8. The summed E-state index contributed by atoms with van der Waals surface area (Å²) in [7, 11) is 0. The zero-order chi connectivity index (χ0) is 16.0. The third kappa shape index (κ3) is 5.26. The van der Waals surface area contributed by atoms with Crippen LogP contribution in [0.3, 0.4) is 0 Å². The fourth-order valence-corrected chi connectivity index (χ4v) is 1.90. The Bertz CT molecular complexity index is 633. The first-order valence-corrected chi connectivity index (χ1v) is 6.75. The van der Waals surface area contributed by atoms with Crippen LogP contribution in [-0.2, 0) is 6.61 Å². The van der Waals surface area contributed by atoms with E-state index in [9.17, 15) is 13.2 Å². The van der Waals surface area contributed by atoms with Gasteiger partial charge in [-0.05, 0) is 34.9 Å². The molecule has 2 aromatic rings. The topological polar surface area (TPSA) is 32.3 Å². The summed E-state index contributed by atoms with van der Waals surface area (Å²) >= 11 is 0. The van der Waals surface area contributed by atoms with Crippen molar-refractivity contribution in [2.75, 3.05) is 11.9 Å². The molecule has 0 atom stereocenters. The summed E-state index contributed by atoms with van der Waals surface area (Å²) in [5.41, 5.74) is 3.09. The Morgan fingerprint density at radius 1 is 0.955 bits per heavy atom. The number of hydrogen-bond acceptors (Lipinski definition) is 2. The lowest BCUT2D eigenvalue weighted by Crippen LogP contribution is -2.21. The van der Waals surface area contributed by atoms with E-state index in [0.29, 0.717) is 5.69 Å². The molecule has 22 heavy (non-hydrogen) atoms. The largest absolute Gasteiger partial charge is 0.405 e. The molecule has 0 unspecified atom stereocenters. The maximum atomic E-state index is 12.1. The lowest BCUT2D eigenvalue weighted by atomic mass is 10.1. The molecule has 0 amide bonds. The van der Waals surface area contributed by atoms with Gasteiger partial charge in [0, 0.05) is 5.69 Å². The quantitative estimate of drug-likeness (QED) is 0.806. The number of rotatable bonds is 5. The van der Waals surface area contributed by atoms with Gasteiger partial charge >= 0.3 is 6.18 Å². The highest BCUT2D eigenvalue weighted by atomic mass is 19.4. The Morgan fingerprint density at radius 2 is 1.64 bits per heavy atom. The summed E-state index contributed by atoms with van der Waals surface area (Å²) in [4.78, 5) is 0. The number of halogens is 3. The van der Waals surface area contributed by atoms with E-state index < -0.39 is 12.7 Å². The Labute approximate surface area is 126 Å². The Hall–Kier alpha value is -2.27. The summed E-state index contributed by atoms with van der Waals surface area (Å²) in [6, 6.07) is 14.2. The number of nitrogens with one attached hydrogen (secondary N) is 1. The van der Waals surface area contributed by atoms with E-state index in [2.05, 4.69) is 5.32 Å². The second kappa shape index (κ2) is 7.13. The number of alkyl halides is 3. The molecule has 0 saturated heterocycles. The minimum absolute atomic E-state index is 0.0126. The van der Waals surface area contributed by atoms with Gasteiger partial charge in [0.05, 0.1) is 6.61 Å². The van der Waals surface area contributed by atoms with Crippen molar-refractivity contribution >= 4 is 17.8 Å². The number of benzene rings is 2. The summed E-state index contributed by atoms with van der Waals surface area (Å²) in [6.07, 6.45) is -0.475. The molecular formula is C17H16F3NO. The molecule has 0 aliphatic rings. The minimum atomic E-state index is -4.23. The smallest absolute Gasteiger partial charge is 0.392 e. The van der Waals surface area contributed by atoms with Crippen LogP contribution in [0.25, 0.3) is 12.2 Å². The second-order valence-electron chi connectivity index (χ2n) is 4.83. The van der Waals surface area contributed by atoms with Gasteiger partial charge in [-0.25, -0.2) is 0 Å². The SMILES string of the molecule is OCc1cccc(C=Cc2ccc(NCC(F)(F)F)cc2)c1. The highest BCUT2D eigenvalue weighted by Crippen LogP contribution is 2.18. The monoisotopic (exact) mass is 307 g/mol. The number of anilines is 1. The number of aliphatic hydroxyl groups is 1. The minimum Gasteiger partial charge on any atom is -0.392 e. The van der Waals surface area contributed by atoms with E-state index in [1.165, 1.54) is 0 Å². The van der Waals surface area contributed by atoms with Crippen molar-refractivity contribution in [2.24, 2.45) is 0 Å². The van der Waals surface area contributed by atoms with Crippen molar-refractivity contribution in [2.45, 2.75) is 12.8 Å². The first-order valence-electron chi connectivity index (χ1n) is 6.75. The summed E-state index contributed by atoms with van der Waals surface area (Å²) < 4.78 is 36.3. The third-order valence-electron chi connectivity index (χ3n) is 3.01. The number of aliphatic hydroxyl groups excluding tert-OH is 1. The summed E-state index contributed by atoms with van der Waals surface area (Å²) in [6.45, 7) is -1.06. The van der Waals surface area contributed by atoms with Crippen LogP contribution in [-0.4, -0.2) is 17.8 Å². The van der Waals surface area contributed by atoms with Crippen molar-refractivity contribution in [3.8, 4) is 0 Å². The summed E-state index contributed by atoms with van der Waals surface area (Å²) in [5.74, 6) is 0. The molecule has 0 spiro atoms. The third-order valence-corrected chi connectivity index (χ3v) is 3.01. The standard InChI is InChI=1S/C17H16F3NO/c18-17(19,20)12-21-16-8-6-13(7-9-16)4-5-14-2-1-3-15(10-14)11-22/h1-10,21-22H,11-12H2. The van der Waals surface area contributed by atoms with Crippen molar-refractivity contribution < 1.29 is 18.3 Å². The zero-order valence-electron chi connectivity index (χ0n) is 11.8. The van der Waals surface area contributed by atoms with Crippen LogP contribution in [0.4, 0.5) is 18.9 Å². The van der Waals surface area contributed by atoms with Gasteiger partial charge in [0.1, 0.15) is 6.54 Å². The van der Waals surface area contributed by atoms with Crippen molar-refractivity contribution in [1.82, 2.24) is 0 Å². The van der Waals surface area contributed by atoms with Crippen molar-refractivity contribution in [3.63, 3.8) is 0 Å². The molecule has 0 heterocycles. The predicted molar refractivity (Wildman–Crippen MR) is 82.3 cm³/mol. The first kappa shape index (κ1) is 16.1. The van der Waals surface area contributed by atoms with Crippen molar-refractivity contribution in [1.29, 1.82) is 0 Å². The van der Waals surface area contributed by atoms with Gasteiger partial charge in [0.25, 0.3) is 0 Å². The van der Waals surface area contributed by atoms with Crippen LogP contribution in [0, 0.1) is 0 Å². The Morgan fingerprint density at radius 3 is 2.27 bits per heavy atom. The van der Waals surface area contributed by atoms with Crippen LogP contribution in [0.15, 0.2) is 48.5 Å². The van der Waals surface area contributed by atoms with E-state index in [1.54, 1.807) is 24.3 Å². The fourth-order valence-electron chi connectivity index (χ4n) is 1.90. The molecule has 0 aliphatic carbocycles. The van der Waals surface area contributed by atoms with Crippen LogP contribution in [0.1, 0.15) is 16.7 Å². The van der Waals surface area contributed by atoms with Crippen molar-refractivity contribution in [3.05, 3.63) is 65.2 Å². The van der Waals surface area contributed by atoms with Gasteiger partial charge in [-0.3, -0.25) is 0 Å². The molecule has 0 aromatic heterocycles. The van der Waals surface area contributed by atoms with Gasteiger partial charge in [0.2, 0.25) is 0 Å². The average Bonchev–Trinajstić information content (AvgIpc) is 2.51. The Balaban J connectivity index is 1.99. The molecule has 0 fully saturated rings. The lowest BCUT2D eigenvalue weighted by Gasteiger charge is -2.09. The molecule has 0 radical (unpaired) electrons. The molecule has 0 aliphatic heterocycles. The van der Waals surface area contributed by atoms with Crippen LogP contribution in [0.5, 0.6) is 0 Å². The van der Waals surface area contributed by atoms with E-state index in [1.807, 2.05) is 36.4 Å².